The smallest absolute Gasteiger partial charge is 0.457 e. The largest absolute Gasteiger partial charge is 0.481 e. The van der Waals surface area contributed by atoms with E-state index in [1.165, 1.54) is 0 Å². The molecule has 0 aliphatic carbocycles. The maximum Gasteiger partial charge on any atom is 0.457 e. The van der Waals surface area contributed by atoms with E-state index in [2.05, 4.69) is 0 Å². The SMILES string of the molecule is CCCB1OC(CCN)CC(CC(=O)O)O1. The molecule has 3 N–H and O–H groups in total. The van der Waals surface area contributed by atoms with Gasteiger partial charge in [0, 0.05) is 6.10 Å². The molecule has 1 aliphatic heterocycles. The van der Waals surface area contributed by atoms with Crippen molar-refractivity contribution in [3.05, 3.63) is 0 Å². The van der Waals surface area contributed by atoms with E-state index in [1.54, 1.807) is 0 Å². The molecule has 1 saturated heterocycles. The molecule has 16 heavy (non-hydrogen) atoms. The van der Waals surface area contributed by atoms with Gasteiger partial charge in [0.25, 0.3) is 0 Å². The summed E-state index contributed by atoms with van der Waals surface area (Å²) in [5, 5.41) is 8.75. The molecule has 1 heterocycles. The topological polar surface area (TPSA) is 81.8 Å². The molecule has 5 nitrogen and oxygen atoms in total. The van der Waals surface area contributed by atoms with E-state index < -0.39 is 5.97 Å². The molecule has 0 aromatic rings. The van der Waals surface area contributed by atoms with Crippen LogP contribution in [-0.4, -0.2) is 36.9 Å². The summed E-state index contributed by atoms with van der Waals surface area (Å²) in [5.74, 6) is -0.825. The van der Waals surface area contributed by atoms with Crippen molar-refractivity contribution in [3.8, 4) is 0 Å². The standard InChI is InChI=1S/C10H20BNO4/c1-2-4-11-15-8(3-5-12)6-9(16-11)7-10(13)14/h8-9H,2-7,12H2,1H3,(H,13,14). The van der Waals surface area contributed by atoms with Gasteiger partial charge in [0.15, 0.2) is 0 Å². The van der Waals surface area contributed by atoms with Gasteiger partial charge >= 0.3 is 13.1 Å². The summed E-state index contributed by atoms with van der Waals surface area (Å²) in [6.07, 6.45) is 3.00. The van der Waals surface area contributed by atoms with Crippen molar-refractivity contribution >= 4 is 13.1 Å². The lowest BCUT2D eigenvalue weighted by Gasteiger charge is -2.33. The molecule has 0 spiro atoms. The minimum Gasteiger partial charge on any atom is -0.481 e. The highest BCUT2D eigenvalue weighted by Crippen LogP contribution is 2.23. The molecule has 0 aromatic carbocycles. The van der Waals surface area contributed by atoms with Crippen LogP contribution in [0.25, 0.3) is 0 Å². The van der Waals surface area contributed by atoms with Gasteiger partial charge in [-0.1, -0.05) is 13.3 Å². The maximum absolute atomic E-state index is 10.7. The van der Waals surface area contributed by atoms with Crippen LogP contribution in [0.15, 0.2) is 0 Å². The van der Waals surface area contributed by atoms with Gasteiger partial charge in [-0.15, -0.1) is 0 Å². The number of rotatable bonds is 6. The molecule has 2 atom stereocenters. The number of carboxylic acids is 1. The van der Waals surface area contributed by atoms with E-state index in [0.717, 1.165) is 19.2 Å². The average molecular weight is 229 g/mol. The van der Waals surface area contributed by atoms with Crippen LogP contribution in [-0.2, 0) is 14.1 Å². The average Bonchev–Trinajstić information content (AvgIpc) is 2.17. The van der Waals surface area contributed by atoms with E-state index in [4.69, 9.17) is 20.1 Å². The molecule has 0 radical (unpaired) electrons. The highest BCUT2D eigenvalue weighted by molar-refractivity contribution is 6.44. The lowest BCUT2D eigenvalue weighted by Crippen LogP contribution is -2.42. The third-order valence-electron chi connectivity index (χ3n) is 2.63. The molecule has 6 heteroatoms. The Bertz CT molecular complexity index is 213. The van der Waals surface area contributed by atoms with Gasteiger partial charge in [0.05, 0.1) is 12.5 Å². The van der Waals surface area contributed by atoms with Crippen molar-refractivity contribution in [2.75, 3.05) is 6.54 Å². The van der Waals surface area contributed by atoms with Crippen molar-refractivity contribution in [2.24, 2.45) is 5.73 Å². The summed E-state index contributed by atoms with van der Waals surface area (Å²) in [6, 6.07) is 0. The summed E-state index contributed by atoms with van der Waals surface area (Å²) in [7, 11) is -0.264. The Balaban J connectivity index is 2.48. The fourth-order valence-corrected chi connectivity index (χ4v) is 1.94. The molecular formula is C10H20BNO4. The number of nitrogens with two attached hydrogens (primary N) is 1. The summed E-state index contributed by atoms with van der Waals surface area (Å²) >= 11 is 0. The zero-order valence-corrected chi connectivity index (χ0v) is 9.72. The highest BCUT2D eigenvalue weighted by Gasteiger charge is 2.33. The maximum atomic E-state index is 10.7. The first-order valence-corrected chi connectivity index (χ1v) is 5.88. The molecular weight excluding hydrogens is 209 g/mol. The monoisotopic (exact) mass is 229 g/mol. The molecule has 1 aliphatic rings. The van der Waals surface area contributed by atoms with Crippen LogP contribution in [0.5, 0.6) is 0 Å². The lowest BCUT2D eigenvalue weighted by molar-refractivity contribution is -0.140. The lowest BCUT2D eigenvalue weighted by atomic mass is 9.79. The number of hydrogen-bond acceptors (Lipinski definition) is 4. The zero-order valence-electron chi connectivity index (χ0n) is 9.72. The molecule has 0 bridgehead atoms. The Kier molecular flexibility index (Phi) is 5.80. The normalized spacial score (nSPS) is 25.8. The molecule has 92 valence electrons. The number of hydrogen-bond donors (Lipinski definition) is 2. The first kappa shape index (κ1) is 13.5. The Morgan fingerprint density at radius 1 is 1.50 bits per heavy atom. The van der Waals surface area contributed by atoms with Crippen LogP contribution < -0.4 is 5.73 Å². The van der Waals surface area contributed by atoms with Crippen molar-refractivity contribution in [1.29, 1.82) is 0 Å². The predicted octanol–water partition coefficient (Wildman–Crippen LogP) is 0.882. The van der Waals surface area contributed by atoms with Gasteiger partial charge in [-0.2, -0.15) is 0 Å². The van der Waals surface area contributed by atoms with Gasteiger partial charge in [0.1, 0.15) is 0 Å². The molecule has 0 aromatic heterocycles. The number of carboxylic acid groups (broad SMARTS) is 1. The summed E-state index contributed by atoms with van der Waals surface area (Å²) in [5.41, 5.74) is 5.49. The van der Waals surface area contributed by atoms with Crippen LogP contribution in [0, 0.1) is 0 Å². The molecule has 2 unspecified atom stereocenters. The van der Waals surface area contributed by atoms with E-state index in [-0.39, 0.29) is 25.7 Å². The Labute approximate surface area is 96.4 Å². The molecule has 1 fully saturated rings. The second-order valence-electron chi connectivity index (χ2n) is 4.15. The number of aliphatic carboxylic acids is 1. The molecule has 0 amide bonds. The van der Waals surface area contributed by atoms with Crippen molar-refractivity contribution in [1.82, 2.24) is 0 Å². The van der Waals surface area contributed by atoms with Crippen molar-refractivity contribution in [3.63, 3.8) is 0 Å². The van der Waals surface area contributed by atoms with Crippen LogP contribution in [0.4, 0.5) is 0 Å². The van der Waals surface area contributed by atoms with Crippen LogP contribution in [0.2, 0.25) is 6.32 Å². The van der Waals surface area contributed by atoms with Crippen LogP contribution >= 0.6 is 0 Å². The van der Waals surface area contributed by atoms with Gasteiger partial charge in [0.2, 0.25) is 0 Å². The first-order valence-electron chi connectivity index (χ1n) is 5.88. The summed E-state index contributed by atoms with van der Waals surface area (Å²) < 4.78 is 11.3. The van der Waals surface area contributed by atoms with Crippen molar-refractivity contribution < 1.29 is 19.2 Å². The predicted molar refractivity (Wildman–Crippen MR) is 61.1 cm³/mol. The first-order chi connectivity index (χ1) is 7.65. The zero-order chi connectivity index (χ0) is 12.0. The third kappa shape index (κ3) is 4.51. The van der Waals surface area contributed by atoms with Gasteiger partial charge in [-0.25, -0.2) is 0 Å². The minimum absolute atomic E-state index is 0.0413. The van der Waals surface area contributed by atoms with E-state index in [9.17, 15) is 4.79 Å². The van der Waals surface area contributed by atoms with E-state index in [0.29, 0.717) is 13.0 Å². The second kappa shape index (κ2) is 6.88. The van der Waals surface area contributed by atoms with Gasteiger partial charge in [-0.05, 0) is 25.7 Å². The number of carbonyl (C=O) groups is 1. The highest BCUT2D eigenvalue weighted by atomic mass is 16.6. The van der Waals surface area contributed by atoms with E-state index >= 15 is 0 Å². The van der Waals surface area contributed by atoms with Crippen LogP contribution in [0.1, 0.15) is 32.6 Å². The Morgan fingerprint density at radius 2 is 2.19 bits per heavy atom. The van der Waals surface area contributed by atoms with Gasteiger partial charge in [-0.3, -0.25) is 4.79 Å². The molecule has 1 rings (SSSR count). The Hall–Kier alpha value is -0.585. The summed E-state index contributed by atoms with van der Waals surface area (Å²) in [4.78, 5) is 10.7. The third-order valence-corrected chi connectivity index (χ3v) is 2.63. The second-order valence-corrected chi connectivity index (χ2v) is 4.15. The van der Waals surface area contributed by atoms with Gasteiger partial charge < -0.3 is 20.1 Å². The quantitative estimate of drug-likeness (QED) is 0.660. The fraction of sp³-hybridized carbons (Fsp3) is 0.900. The Morgan fingerprint density at radius 3 is 2.75 bits per heavy atom. The minimum atomic E-state index is -0.825. The molecule has 0 saturated carbocycles. The van der Waals surface area contributed by atoms with Crippen LogP contribution in [0.3, 0.4) is 0 Å². The fourth-order valence-electron chi connectivity index (χ4n) is 1.94. The van der Waals surface area contributed by atoms with Crippen molar-refractivity contribution in [2.45, 2.75) is 51.1 Å². The van der Waals surface area contributed by atoms with E-state index in [1.807, 2.05) is 6.92 Å². The summed E-state index contributed by atoms with van der Waals surface area (Å²) in [6.45, 7) is 2.61.